The quantitative estimate of drug-likeness (QED) is 0.360. The molecule has 0 N–H and O–H groups in total. The molecule has 0 fully saturated rings. The molecule has 2 rings (SSSR count). The van der Waals surface area contributed by atoms with Crippen LogP contribution in [-0.2, 0) is 14.9 Å². The van der Waals surface area contributed by atoms with Crippen LogP contribution in [0.3, 0.4) is 0 Å². The highest BCUT2D eigenvalue weighted by molar-refractivity contribution is 5.39. The smallest absolute Gasteiger partial charge is 0.0669 e. The van der Waals surface area contributed by atoms with Crippen LogP contribution in [-0.4, -0.2) is 26.4 Å². The molecule has 2 nitrogen and oxygen atoms in total. The molecule has 0 unspecified atom stereocenters. The van der Waals surface area contributed by atoms with Crippen LogP contribution in [0.5, 0.6) is 0 Å². The molecule has 0 radical (unpaired) electrons. The first-order chi connectivity index (χ1) is 13.3. The lowest BCUT2D eigenvalue weighted by Gasteiger charge is -2.35. The van der Waals surface area contributed by atoms with E-state index < -0.39 is 0 Å². The monoisotopic (exact) mass is 368 g/mol. The third-order valence-corrected chi connectivity index (χ3v) is 5.13. The van der Waals surface area contributed by atoms with Crippen LogP contribution < -0.4 is 0 Å². The molecule has 0 atom stereocenters. The van der Waals surface area contributed by atoms with E-state index in [1.807, 2.05) is 0 Å². The average molecular weight is 369 g/mol. The second-order valence-corrected chi connectivity index (χ2v) is 7.33. The van der Waals surface area contributed by atoms with E-state index in [2.05, 4.69) is 74.5 Å². The van der Waals surface area contributed by atoms with Gasteiger partial charge < -0.3 is 9.47 Å². The Morgan fingerprint density at radius 1 is 0.593 bits per heavy atom. The van der Waals surface area contributed by atoms with Crippen molar-refractivity contribution in [3.63, 3.8) is 0 Å². The van der Waals surface area contributed by atoms with E-state index in [9.17, 15) is 0 Å². The van der Waals surface area contributed by atoms with Crippen molar-refractivity contribution in [1.82, 2.24) is 0 Å². The van der Waals surface area contributed by atoms with Crippen LogP contribution in [0.15, 0.2) is 60.7 Å². The molecule has 0 aliphatic heterocycles. The van der Waals surface area contributed by atoms with Gasteiger partial charge in [-0.05, 0) is 24.0 Å². The Kier molecular flexibility index (Phi) is 10.2. The van der Waals surface area contributed by atoms with E-state index in [1.165, 1.54) is 36.8 Å². The molecule has 2 aromatic carbocycles. The zero-order valence-corrected chi connectivity index (χ0v) is 17.2. The molecule has 2 aromatic rings. The van der Waals surface area contributed by atoms with Gasteiger partial charge in [-0.15, -0.1) is 0 Å². The van der Waals surface area contributed by atoms with Crippen LogP contribution >= 0.6 is 0 Å². The highest BCUT2D eigenvalue weighted by atomic mass is 16.5. The van der Waals surface area contributed by atoms with Gasteiger partial charge >= 0.3 is 0 Å². The average Bonchev–Trinajstić information content (AvgIpc) is 2.73. The van der Waals surface area contributed by atoms with Gasteiger partial charge in [0.05, 0.1) is 18.6 Å². The van der Waals surface area contributed by atoms with Gasteiger partial charge in [0.2, 0.25) is 0 Å². The Morgan fingerprint density at radius 3 is 1.37 bits per heavy atom. The first-order valence-electron chi connectivity index (χ1n) is 10.6. The molecule has 27 heavy (non-hydrogen) atoms. The van der Waals surface area contributed by atoms with Gasteiger partial charge in [-0.25, -0.2) is 0 Å². The molecule has 0 saturated heterocycles. The van der Waals surface area contributed by atoms with Crippen LogP contribution in [0.1, 0.15) is 63.5 Å². The summed E-state index contributed by atoms with van der Waals surface area (Å²) in [6, 6.07) is 21.4. The fraction of sp³-hybridized carbons (Fsp3) is 0.520. The standard InChI is InChI=1S/C25H36O2/c1-3-5-13-19-26-21-25(22-27-20-14-6-4-2,23-15-9-7-10-16-23)24-17-11-8-12-18-24/h7-12,15-18H,3-6,13-14,19-22H2,1-2H3. The molecular weight excluding hydrogens is 332 g/mol. The summed E-state index contributed by atoms with van der Waals surface area (Å²) in [4.78, 5) is 0. The molecule has 0 spiro atoms. The Bertz CT molecular complexity index is 539. The Labute approximate surface area is 165 Å². The molecule has 0 aliphatic carbocycles. The van der Waals surface area contributed by atoms with Gasteiger partial charge in [-0.2, -0.15) is 0 Å². The molecule has 2 heteroatoms. The number of hydrogen-bond donors (Lipinski definition) is 0. The topological polar surface area (TPSA) is 18.5 Å². The minimum absolute atomic E-state index is 0.263. The van der Waals surface area contributed by atoms with E-state index in [1.54, 1.807) is 0 Å². The molecule has 0 heterocycles. The van der Waals surface area contributed by atoms with Crippen LogP contribution in [0.25, 0.3) is 0 Å². The summed E-state index contributed by atoms with van der Waals surface area (Å²) in [5, 5.41) is 0. The van der Waals surface area contributed by atoms with Crippen molar-refractivity contribution in [1.29, 1.82) is 0 Å². The van der Waals surface area contributed by atoms with Crippen LogP contribution in [0.4, 0.5) is 0 Å². The number of rotatable bonds is 14. The number of ether oxygens (including phenoxy) is 2. The first-order valence-corrected chi connectivity index (χ1v) is 10.6. The summed E-state index contributed by atoms with van der Waals surface area (Å²) in [5.74, 6) is 0. The lowest BCUT2D eigenvalue weighted by molar-refractivity contribution is 0.0325. The zero-order valence-electron chi connectivity index (χ0n) is 17.2. The van der Waals surface area contributed by atoms with Gasteiger partial charge in [0, 0.05) is 13.2 Å². The summed E-state index contributed by atoms with van der Waals surface area (Å²) in [6.07, 6.45) is 7.11. The predicted octanol–water partition coefficient (Wildman–Crippen LogP) is 6.39. The van der Waals surface area contributed by atoms with Gasteiger partial charge in [0.1, 0.15) is 0 Å². The number of hydrogen-bond acceptors (Lipinski definition) is 2. The summed E-state index contributed by atoms with van der Waals surface area (Å²) < 4.78 is 12.4. The van der Waals surface area contributed by atoms with Crippen molar-refractivity contribution in [2.75, 3.05) is 26.4 Å². The van der Waals surface area contributed by atoms with Gasteiger partial charge in [-0.1, -0.05) is 100 Å². The lowest BCUT2D eigenvalue weighted by atomic mass is 9.75. The van der Waals surface area contributed by atoms with E-state index in [0.29, 0.717) is 13.2 Å². The molecule has 148 valence electrons. The first kappa shape index (κ1) is 21.7. The minimum Gasteiger partial charge on any atom is -0.380 e. The van der Waals surface area contributed by atoms with E-state index in [4.69, 9.17) is 9.47 Å². The normalized spacial score (nSPS) is 11.6. The summed E-state index contributed by atoms with van der Waals surface area (Å²) in [5.41, 5.74) is 2.27. The fourth-order valence-electron chi connectivity index (χ4n) is 3.46. The maximum Gasteiger partial charge on any atom is 0.0669 e. The Balaban J connectivity index is 2.21. The Hall–Kier alpha value is -1.64. The van der Waals surface area contributed by atoms with Gasteiger partial charge in [0.15, 0.2) is 0 Å². The Morgan fingerprint density at radius 2 is 1.00 bits per heavy atom. The highest BCUT2D eigenvalue weighted by Gasteiger charge is 2.35. The van der Waals surface area contributed by atoms with E-state index >= 15 is 0 Å². The van der Waals surface area contributed by atoms with E-state index in [-0.39, 0.29) is 5.41 Å². The molecule has 0 bridgehead atoms. The third-order valence-electron chi connectivity index (χ3n) is 5.13. The lowest BCUT2D eigenvalue weighted by Crippen LogP contribution is -2.38. The molecular formula is C25H36O2. The van der Waals surface area contributed by atoms with E-state index in [0.717, 1.165) is 26.1 Å². The molecule has 0 saturated carbocycles. The van der Waals surface area contributed by atoms with Crippen molar-refractivity contribution < 1.29 is 9.47 Å². The fourth-order valence-corrected chi connectivity index (χ4v) is 3.46. The predicted molar refractivity (Wildman–Crippen MR) is 114 cm³/mol. The molecule has 0 aromatic heterocycles. The minimum atomic E-state index is -0.263. The maximum atomic E-state index is 6.21. The second kappa shape index (κ2) is 12.7. The number of benzene rings is 2. The van der Waals surface area contributed by atoms with Crippen molar-refractivity contribution in [3.8, 4) is 0 Å². The van der Waals surface area contributed by atoms with Crippen molar-refractivity contribution >= 4 is 0 Å². The second-order valence-electron chi connectivity index (χ2n) is 7.33. The summed E-state index contributed by atoms with van der Waals surface area (Å²) in [7, 11) is 0. The largest absolute Gasteiger partial charge is 0.380 e. The maximum absolute atomic E-state index is 6.21. The van der Waals surface area contributed by atoms with Gasteiger partial charge in [-0.3, -0.25) is 0 Å². The summed E-state index contributed by atoms with van der Waals surface area (Å²) >= 11 is 0. The molecule has 0 amide bonds. The SMILES string of the molecule is CCCCCOCC(COCCCCC)(c1ccccc1)c1ccccc1. The van der Waals surface area contributed by atoms with Crippen molar-refractivity contribution in [2.24, 2.45) is 0 Å². The van der Waals surface area contributed by atoms with Gasteiger partial charge in [0.25, 0.3) is 0 Å². The van der Waals surface area contributed by atoms with Crippen molar-refractivity contribution in [2.45, 2.75) is 57.8 Å². The highest BCUT2D eigenvalue weighted by Crippen LogP contribution is 2.33. The van der Waals surface area contributed by atoms with Crippen LogP contribution in [0.2, 0.25) is 0 Å². The van der Waals surface area contributed by atoms with Crippen LogP contribution in [0, 0.1) is 0 Å². The zero-order chi connectivity index (χ0) is 19.2. The molecule has 0 aliphatic rings. The third kappa shape index (κ3) is 6.79. The number of unbranched alkanes of at least 4 members (excludes halogenated alkanes) is 4. The van der Waals surface area contributed by atoms with Crippen molar-refractivity contribution in [3.05, 3.63) is 71.8 Å². The summed E-state index contributed by atoms with van der Waals surface area (Å²) in [6.45, 7) is 7.37.